The molecule has 0 atom stereocenters. The summed E-state index contributed by atoms with van der Waals surface area (Å²) in [5.74, 6) is 2.13. The summed E-state index contributed by atoms with van der Waals surface area (Å²) >= 11 is 0. The Morgan fingerprint density at radius 1 is 1.10 bits per heavy atom. The van der Waals surface area contributed by atoms with Crippen LogP contribution in [0.5, 0.6) is 0 Å². The first kappa shape index (κ1) is 13.6. The predicted octanol–water partition coefficient (Wildman–Crippen LogP) is 2.92. The summed E-state index contributed by atoms with van der Waals surface area (Å²) in [6, 6.07) is 0. The molecule has 2 fully saturated rings. The Kier molecular flexibility index (Phi) is 4.33. The summed E-state index contributed by atoms with van der Waals surface area (Å²) in [5.41, 5.74) is 0. The lowest BCUT2D eigenvalue weighted by Gasteiger charge is -2.17. The van der Waals surface area contributed by atoms with Crippen LogP contribution < -0.4 is 5.32 Å². The van der Waals surface area contributed by atoms with Crippen molar-refractivity contribution in [3.8, 4) is 0 Å². The highest BCUT2D eigenvalue weighted by Gasteiger charge is 2.24. The molecule has 3 rings (SSSR count). The third-order valence-corrected chi connectivity index (χ3v) is 4.58. The number of aromatic nitrogens is 2. The second-order valence-corrected chi connectivity index (χ2v) is 6.08. The summed E-state index contributed by atoms with van der Waals surface area (Å²) in [6.07, 6.45) is 10.5. The van der Waals surface area contributed by atoms with Crippen LogP contribution in [-0.2, 0) is 11.3 Å². The molecule has 0 aliphatic heterocycles. The molecule has 1 aromatic rings. The minimum atomic E-state index is 0.145. The lowest BCUT2D eigenvalue weighted by atomic mass is 9.89. The molecule has 2 aliphatic carbocycles. The molecule has 2 saturated carbocycles. The quantitative estimate of drug-likeness (QED) is 0.918. The van der Waals surface area contributed by atoms with Crippen LogP contribution in [0.1, 0.15) is 75.4 Å². The molecule has 110 valence electrons. The molecule has 0 aromatic carbocycles. The molecule has 0 bridgehead atoms. The van der Waals surface area contributed by atoms with Crippen LogP contribution in [0.4, 0.5) is 0 Å². The fourth-order valence-corrected chi connectivity index (χ4v) is 3.35. The van der Waals surface area contributed by atoms with Crippen LogP contribution in [0.15, 0.2) is 4.52 Å². The Labute approximate surface area is 119 Å². The van der Waals surface area contributed by atoms with E-state index in [0.717, 1.165) is 31.6 Å². The van der Waals surface area contributed by atoms with Gasteiger partial charge in [0.15, 0.2) is 5.82 Å². The van der Waals surface area contributed by atoms with Crippen molar-refractivity contribution in [1.29, 1.82) is 0 Å². The van der Waals surface area contributed by atoms with Crippen molar-refractivity contribution < 1.29 is 9.32 Å². The molecule has 5 nitrogen and oxygen atoms in total. The predicted molar refractivity (Wildman–Crippen MR) is 73.9 cm³/mol. The largest absolute Gasteiger partial charge is 0.348 e. The zero-order valence-electron chi connectivity index (χ0n) is 11.9. The van der Waals surface area contributed by atoms with Gasteiger partial charge in [-0.1, -0.05) is 37.3 Å². The Balaban J connectivity index is 1.50. The molecular formula is C15H23N3O2. The fraction of sp³-hybridized carbons (Fsp3) is 0.800. The van der Waals surface area contributed by atoms with Gasteiger partial charge < -0.3 is 9.84 Å². The molecule has 20 heavy (non-hydrogen) atoms. The molecule has 2 aliphatic rings. The SMILES string of the molecule is O=C(NCc1noc(C2CCCCC2)n1)C1CCCC1. The molecule has 1 heterocycles. The minimum absolute atomic E-state index is 0.145. The molecule has 1 aromatic heterocycles. The number of rotatable bonds is 4. The zero-order chi connectivity index (χ0) is 13.8. The lowest BCUT2D eigenvalue weighted by molar-refractivity contribution is -0.125. The number of carbonyl (C=O) groups is 1. The van der Waals surface area contributed by atoms with E-state index in [-0.39, 0.29) is 11.8 Å². The third kappa shape index (κ3) is 3.19. The topological polar surface area (TPSA) is 68.0 Å². The number of carbonyl (C=O) groups excluding carboxylic acids is 1. The highest BCUT2D eigenvalue weighted by atomic mass is 16.5. The van der Waals surface area contributed by atoms with Crippen LogP contribution in [0.3, 0.4) is 0 Å². The summed E-state index contributed by atoms with van der Waals surface area (Å²) in [5, 5.41) is 6.92. The van der Waals surface area contributed by atoms with Gasteiger partial charge in [-0.25, -0.2) is 0 Å². The van der Waals surface area contributed by atoms with Crippen LogP contribution in [-0.4, -0.2) is 16.0 Å². The Bertz CT molecular complexity index is 446. The molecular weight excluding hydrogens is 254 g/mol. The van der Waals surface area contributed by atoms with Crippen molar-refractivity contribution in [3.63, 3.8) is 0 Å². The summed E-state index contributed by atoms with van der Waals surface area (Å²) < 4.78 is 5.35. The van der Waals surface area contributed by atoms with Crippen molar-refractivity contribution in [2.45, 2.75) is 70.3 Å². The number of amides is 1. The molecule has 1 amide bonds. The summed E-state index contributed by atoms with van der Waals surface area (Å²) in [4.78, 5) is 16.4. The van der Waals surface area contributed by atoms with Gasteiger partial charge in [-0.15, -0.1) is 0 Å². The minimum Gasteiger partial charge on any atom is -0.348 e. The Hall–Kier alpha value is -1.39. The number of nitrogens with zero attached hydrogens (tertiary/aromatic N) is 2. The molecule has 0 saturated heterocycles. The molecule has 5 heteroatoms. The van der Waals surface area contributed by atoms with Gasteiger partial charge in [-0.05, 0) is 25.7 Å². The average Bonchev–Trinajstić information content (AvgIpc) is 3.17. The van der Waals surface area contributed by atoms with Crippen molar-refractivity contribution in [3.05, 3.63) is 11.7 Å². The maximum absolute atomic E-state index is 11.9. The van der Waals surface area contributed by atoms with Crippen molar-refractivity contribution in [2.75, 3.05) is 0 Å². The van der Waals surface area contributed by atoms with E-state index >= 15 is 0 Å². The van der Waals surface area contributed by atoms with E-state index in [9.17, 15) is 4.79 Å². The van der Waals surface area contributed by atoms with Gasteiger partial charge in [-0.3, -0.25) is 4.79 Å². The van der Waals surface area contributed by atoms with E-state index in [0.29, 0.717) is 18.3 Å². The van der Waals surface area contributed by atoms with Gasteiger partial charge in [0.1, 0.15) is 0 Å². The van der Waals surface area contributed by atoms with Gasteiger partial charge in [0.2, 0.25) is 11.8 Å². The maximum atomic E-state index is 11.9. The normalized spacial score (nSPS) is 21.2. The average molecular weight is 277 g/mol. The monoisotopic (exact) mass is 277 g/mol. The number of nitrogens with one attached hydrogen (secondary N) is 1. The van der Waals surface area contributed by atoms with Crippen LogP contribution in [0.25, 0.3) is 0 Å². The second kappa shape index (κ2) is 6.37. The van der Waals surface area contributed by atoms with Crippen LogP contribution in [0, 0.1) is 5.92 Å². The van der Waals surface area contributed by atoms with E-state index in [1.54, 1.807) is 0 Å². The highest BCUT2D eigenvalue weighted by Crippen LogP contribution is 2.31. The van der Waals surface area contributed by atoms with Gasteiger partial charge >= 0.3 is 0 Å². The first-order valence-corrected chi connectivity index (χ1v) is 7.93. The molecule has 0 unspecified atom stereocenters. The summed E-state index contributed by atoms with van der Waals surface area (Å²) in [7, 11) is 0. The smallest absolute Gasteiger partial charge is 0.229 e. The van der Waals surface area contributed by atoms with Crippen LogP contribution >= 0.6 is 0 Å². The van der Waals surface area contributed by atoms with E-state index in [1.165, 1.54) is 32.1 Å². The zero-order valence-corrected chi connectivity index (χ0v) is 11.9. The third-order valence-electron chi connectivity index (χ3n) is 4.58. The standard InChI is InChI=1S/C15H23N3O2/c19-14(11-6-4-5-7-11)16-10-13-17-15(20-18-13)12-8-2-1-3-9-12/h11-12H,1-10H2,(H,16,19). The van der Waals surface area contributed by atoms with E-state index in [2.05, 4.69) is 15.5 Å². The Morgan fingerprint density at radius 2 is 1.80 bits per heavy atom. The number of hydrogen-bond donors (Lipinski definition) is 1. The first-order valence-electron chi connectivity index (χ1n) is 7.93. The van der Waals surface area contributed by atoms with Gasteiger partial charge in [0.05, 0.1) is 6.54 Å². The van der Waals surface area contributed by atoms with E-state index < -0.39 is 0 Å². The first-order chi connectivity index (χ1) is 9.83. The van der Waals surface area contributed by atoms with Crippen molar-refractivity contribution >= 4 is 5.91 Å². The lowest BCUT2D eigenvalue weighted by Crippen LogP contribution is -2.29. The maximum Gasteiger partial charge on any atom is 0.229 e. The van der Waals surface area contributed by atoms with Crippen molar-refractivity contribution in [1.82, 2.24) is 15.5 Å². The highest BCUT2D eigenvalue weighted by molar-refractivity contribution is 5.78. The van der Waals surface area contributed by atoms with E-state index in [4.69, 9.17) is 4.52 Å². The van der Waals surface area contributed by atoms with E-state index in [1.807, 2.05) is 0 Å². The molecule has 0 radical (unpaired) electrons. The second-order valence-electron chi connectivity index (χ2n) is 6.08. The summed E-state index contributed by atoms with van der Waals surface area (Å²) in [6.45, 7) is 0.394. The van der Waals surface area contributed by atoms with Gasteiger partial charge in [0.25, 0.3) is 0 Å². The van der Waals surface area contributed by atoms with Crippen LogP contribution in [0.2, 0.25) is 0 Å². The van der Waals surface area contributed by atoms with Gasteiger partial charge in [0, 0.05) is 11.8 Å². The molecule has 1 N–H and O–H groups in total. The molecule has 0 spiro atoms. The number of hydrogen-bond acceptors (Lipinski definition) is 4. The van der Waals surface area contributed by atoms with Gasteiger partial charge in [-0.2, -0.15) is 4.98 Å². The fourth-order valence-electron chi connectivity index (χ4n) is 3.35. The van der Waals surface area contributed by atoms with Crippen molar-refractivity contribution in [2.24, 2.45) is 5.92 Å². The Morgan fingerprint density at radius 3 is 2.55 bits per heavy atom.